The number of rotatable bonds is 5. The summed E-state index contributed by atoms with van der Waals surface area (Å²) in [5.74, 6) is -0.0815. The molecule has 4 nitrogen and oxygen atoms in total. The van der Waals surface area contributed by atoms with Gasteiger partial charge in [-0.3, -0.25) is 4.79 Å². The summed E-state index contributed by atoms with van der Waals surface area (Å²) >= 11 is 11.5. The molecule has 0 spiro atoms. The average molecular weight is 270 g/mol. The van der Waals surface area contributed by atoms with Crippen molar-refractivity contribution < 1.29 is 14.4 Å². The highest BCUT2D eigenvalue weighted by Gasteiger charge is 2.29. The highest BCUT2D eigenvalue weighted by atomic mass is 35.5. The van der Waals surface area contributed by atoms with Crippen molar-refractivity contribution in [2.24, 2.45) is 0 Å². The number of hydrogen-bond acceptors (Lipinski definition) is 2. The van der Waals surface area contributed by atoms with Gasteiger partial charge in [-0.15, -0.1) is 23.2 Å². The first-order valence-corrected chi connectivity index (χ1v) is 6.42. The van der Waals surface area contributed by atoms with Gasteiger partial charge in [0, 0.05) is 0 Å². The van der Waals surface area contributed by atoms with E-state index in [0.717, 1.165) is 32.8 Å². The van der Waals surface area contributed by atoms with E-state index in [1.54, 1.807) is 6.92 Å². The lowest BCUT2D eigenvalue weighted by Gasteiger charge is -2.24. The van der Waals surface area contributed by atoms with E-state index in [1.807, 2.05) is 0 Å². The van der Waals surface area contributed by atoms with Crippen molar-refractivity contribution in [1.29, 1.82) is 0 Å². The molecule has 94 valence electrons. The van der Waals surface area contributed by atoms with Crippen molar-refractivity contribution in [1.82, 2.24) is 5.32 Å². The molecule has 2 N–H and O–H groups in total. The second-order valence-corrected chi connectivity index (χ2v) is 5.30. The van der Waals surface area contributed by atoms with Crippen LogP contribution in [0.4, 0.5) is 0 Å². The second kappa shape index (κ2) is 6.64. The molecule has 1 saturated heterocycles. The molecule has 0 aliphatic carbocycles. The first-order chi connectivity index (χ1) is 7.56. The van der Waals surface area contributed by atoms with Crippen molar-refractivity contribution in [2.75, 3.05) is 45.3 Å². The van der Waals surface area contributed by atoms with Crippen LogP contribution in [-0.4, -0.2) is 56.1 Å². The van der Waals surface area contributed by atoms with Crippen LogP contribution in [0.3, 0.4) is 0 Å². The quantitative estimate of drug-likeness (QED) is 0.646. The molecule has 1 amide bonds. The van der Waals surface area contributed by atoms with Crippen LogP contribution in [0.25, 0.3) is 0 Å². The maximum absolute atomic E-state index is 11.6. The Morgan fingerprint density at radius 3 is 2.69 bits per heavy atom. The molecule has 6 heteroatoms. The van der Waals surface area contributed by atoms with Crippen molar-refractivity contribution >= 4 is 29.1 Å². The zero-order valence-electron chi connectivity index (χ0n) is 9.52. The summed E-state index contributed by atoms with van der Waals surface area (Å²) in [6.07, 6.45) is 0. The Balaban J connectivity index is 2.17. The highest BCUT2D eigenvalue weighted by molar-refractivity contribution is 6.39. The van der Waals surface area contributed by atoms with E-state index >= 15 is 0 Å². The maximum Gasteiger partial charge on any atom is 0.242 e. The minimum Gasteiger partial charge on any atom is -0.370 e. The van der Waals surface area contributed by atoms with Crippen LogP contribution >= 0.6 is 23.2 Å². The number of morpholine rings is 1. The molecule has 1 aliphatic heterocycles. The molecule has 0 radical (unpaired) electrons. The summed E-state index contributed by atoms with van der Waals surface area (Å²) in [5, 5.41) is 2.80. The van der Waals surface area contributed by atoms with Crippen LogP contribution in [0.15, 0.2) is 0 Å². The standard InChI is InChI=1S/C10H18Cl2N2O2/c1-10(12,8-11)9(15)13-2-3-14-4-6-16-7-5-14/h2-8H2,1H3,(H,13,15)/p+1/t10-/m0/s1. The van der Waals surface area contributed by atoms with Gasteiger partial charge in [-0.05, 0) is 6.92 Å². The van der Waals surface area contributed by atoms with E-state index in [1.165, 1.54) is 4.90 Å². The molecular formula is C10H19Cl2N2O2+. The third-order valence-corrected chi connectivity index (χ3v) is 3.67. The van der Waals surface area contributed by atoms with Crippen LogP contribution in [0.2, 0.25) is 0 Å². The summed E-state index contributed by atoms with van der Waals surface area (Å²) in [7, 11) is 0. The number of nitrogens with one attached hydrogen (secondary N) is 2. The molecule has 0 aromatic heterocycles. The largest absolute Gasteiger partial charge is 0.370 e. The van der Waals surface area contributed by atoms with E-state index < -0.39 is 4.87 Å². The second-order valence-electron chi connectivity index (χ2n) is 4.20. The minimum atomic E-state index is -0.998. The van der Waals surface area contributed by atoms with Gasteiger partial charge in [0.1, 0.15) is 18.0 Å². The monoisotopic (exact) mass is 269 g/mol. The van der Waals surface area contributed by atoms with Crippen LogP contribution in [0, 0.1) is 0 Å². The average Bonchev–Trinajstić information content (AvgIpc) is 2.30. The van der Waals surface area contributed by atoms with Crippen molar-refractivity contribution in [3.8, 4) is 0 Å². The van der Waals surface area contributed by atoms with Crippen molar-refractivity contribution in [3.05, 3.63) is 0 Å². The first kappa shape index (κ1) is 14.0. The third kappa shape index (κ3) is 4.45. The van der Waals surface area contributed by atoms with E-state index in [-0.39, 0.29) is 11.8 Å². The number of quaternary nitrogens is 1. The van der Waals surface area contributed by atoms with Gasteiger partial charge in [0.05, 0.1) is 32.2 Å². The number of halogens is 2. The van der Waals surface area contributed by atoms with Gasteiger partial charge in [-0.2, -0.15) is 0 Å². The van der Waals surface area contributed by atoms with E-state index in [2.05, 4.69) is 5.32 Å². The maximum atomic E-state index is 11.6. The molecule has 16 heavy (non-hydrogen) atoms. The number of amides is 1. The minimum absolute atomic E-state index is 0.116. The number of alkyl halides is 2. The molecule has 0 aromatic rings. The Bertz CT molecular complexity index is 231. The predicted octanol–water partition coefficient (Wildman–Crippen LogP) is -0.746. The van der Waals surface area contributed by atoms with Crippen LogP contribution in [0.1, 0.15) is 6.92 Å². The molecule has 0 aromatic carbocycles. The zero-order valence-corrected chi connectivity index (χ0v) is 11.0. The third-order valence-electron chi connectivity index (χ3n) is 2.69. The van der Waals surface area contributed by atoms with Crippen molar-refractivity contribution in [3.63, 3.8) is 0 Å². The Morgan fingerprint density at radius 1 is 1.50 bits per heavy atom. The zero-order chi connectivity index (χ0) is 12.0. The molecular weight excluding hydrogens is 251 g/mol. The SMILES string of the molecule is C[C@](Cl)(CCl)C(=O)NCC[NH+]1CCOCC1. The van der Waals surface area contributed by atoms with Gasteiger partial charge in [-0.25, -0.2) is 0 Å². The van der Waals surface area contributed by atoms with Gasteiger partial charge in [0.15, 0.2) is 0 Å². The Kier molecular flexibility index (Phi) is 5.83. The van der Waals surface area contributed by atoms with Gasteiger partial charge in [0.2, 0.25) is 5.91 Å². The van der Waals surface area contributed by atoms with Gasteiger partial charge < -0.3 is 15.0 Å². The molecule has 1 rings (SSSR count). The lowest BCUT2D eigenvalue weighted by atomic mass is 10.2. The summed E-state index contributed by atoms with van der Waals surface area (Å²) < 4.78 is 5.25. The smallest absolute Gasteiger partial charge is 0.242 e. The van der Waals surface area contributed by atoms with Gasteiger partial charge >= 0.3 is 0 Å². The summed E-state index contributed by atoms with van der Waals surface area (Å²) in [6, 6.07) is 0. The number of carbonyl (C=O) groups excluding carboxylic acids is 1. The van der Waals surface area contributed by atoms with Crippen LogP contribution < -0.4 is 10.2 Å². The fraction of sp³-hybridized carbons (Fsp3) is 0.900. The molecule has 1 aliphatic rings. The predicted molar refractivity (Wildman–Crippen MR) is 64.4 cm³/mol. The van der Waals surface area contributed by atoms with E-state index in [4.69, 9.17) is 27.9 Å². The molecule has 1 atom stereocenters. The molecule has 1 fully saturated rings. The normalized spacial score (nSPS) is 21.4. The Morgan fingerprint density at radius 2 is 2.12 bits per heavy atom. The number of hydrogen-bond donors (Lipinski definition) is 2. The van der Waals surface area contributed by atoms with E-state index in [9.17, 15) is 4.79 Å². The summed E-state index contributed by atoms with van der Waals surface area (Å²) in [4.78, 5) is 12.0. The van der Waals surface area contributed by atoms with Crippen LogP contribution in [-0.2, 0) is 9.53 Å². The Hall–Kier alpha value is -0.0300. The van der Waals surface area contributed by atoms with E-state index in [0.29, 0.717) is 6.54 Å². The fourth-order valence-electron chi connectivity index (χ4n) is 1.51. The molecule has 0 unspecified atom stereocenters. The van der Waals surface area contributed by atoms with Gasteiger partial charge in [-0.1, -0.05) is 0 Å². The molecule has 1 heterocycles. The topological polar surface area (TPSA) is 42.8 Å². The lowest BCUT2D eigenvalue weighted by Crippen LogP contribution is -3.14. The summed E-state index contributed by atoms with van der Waals surface area (Å²) in [6.45, 7) is 6.78. The highest BCUT2D eigenvalue weighted by Crippen LogP contribution is 2.15. The molecule has 0 saturated carbocycles. The number of ether oxygens (including phenoxy) is 1. The lowest BCUT2D eigenvalue weighted by molar-refractivity contribution is -0.906. The fourth-order valence-corrected chi connectivity index (χ4v) is 1.70. The van der Waals surface area contributed by atoms with Gasteiger partial charge in [0.25, 0.3) is 0 Å². The Labute approximate surface area is 106 Å². The number of carbonyl (C=O) groups is 1. The molecule has 0 bridgehead atoms. The van der Waals surface area contributed by atoms with Crippen LogP contribution in [0.5, 0.6) is 0 Å². The first-order valence-electron chi connectivity index (χ1n) is 5.51. The van der Waals surface area contributed by atoms with Crippen molar-refractivity contribution in [2.45, 2.75) is 11.8 Å². The summed E-state index contributed by atoms with van der Waals surface area (Å²) in [5.41, 5.74) is 0.